The summed E-state index contributed by atoms with van der Waals surface area (Å²) in [6.07, 6.45) is 2.60. The van der Waals surface area contributed by atoms with Crippen LogP contribution in [-0.2, 0) is 0 Å². The van der Waals surface area contributed by atoms with E-state index in [1.807, 2.05) is 4.68 Å². The van der Waals surface area contributed by atoms with Gasteiger partial charge in [-0.3, -0.25) is 0 Å². The van der Waals surface area contributed by atoms with E-state index in [1.54, 1.807) is 6.33 Å². The lowest BCUT2D eigenvalue weighted by Crippen LogP contribution is -2.28. The number of nitrogens with zero attached hydrogens (tertiary/aromatic N) is 3. The highest BCUT2D eigenvalue weighted by Gasteiger charge is 2.30. The molecule has 1 aliphatic heterocycles. The van der Waals surface area contributed by atoms with Crippen molar-refractivity contribution in [3.8, 4) is 0 Å². The van der Waals surface area contributed by atoms with Crippen LogP contribution in [0.25, 0.3) is 0 Å². The lowest BCUT2D eigenvalue weighted by molar-refractivity contribution is 0.429. The number of benzene rings is 2. The molecule has 4 nitrogen and oxygen atoms in total. The van der Waals surface area contributed by atoms with E-state index >= 15 is 0 Å². The third-order valence-electron chi connectivity index (χ3n) is 4.89. The molecule has 0 spiro atoms. The maximum atomic E-state index is 4.46. The Balaban J connectivity index is 1.75. The molecule has 1 N–H and O–H groups in total. The van der Waals surface area contributed by atoms with Gasteiger partial charge in [-0.1, -0.05) is 53.6 Å². The molecule has 24 heavy (non-hydrogen) atoms. The molecule has 4 heteroatoms. The van der Waals surface area contributed by atoms with E-state index in [1.165, 1.54) is 27.8 Å². The average Bonchev–Trinajstić information content (AvgIpc) is 3.03. The first-order chi connectivity index (χ1) is 11.6. The molecular weight excluding hydrogens is 296 g/mol. The van der Waals surface area contributed by atoms with E-state index in [-0.39, 0.29) is 12.1 Å². The highest BCUT2D eigenvalue weighted by Crippen LogP contribution is 2.38. The smallest absolute Gasteiger partial charge is 0.222 e. The predicted octanol–water partition coefficient (Wildman–Crippen LogP) is 4.35. The van der Waals surface area contributed by atoms with E-state index in [2.05, 4.69) is 78.6 Å². The van der Waals surface area contributed by atoms with Gasteiger partial charge in [-0.05, 0) is 43.9 Å². The van der Waals surface area contributed by atoms with Gasteiger partial charge in [0.1, 0.15) is 6.33 Å². The molecule has 4 rings (SSSR count). The molecule has 2 heterocycles. The SMILES string of the molecule is Cc1ccc([C@@H]2C[C@H](c3ccc(C)cc3C)n3ncnc3N2)cc1. The zero-order valence-electron chi connectivity index (χ0n) is 14.3. The van der Waals surface area contributed by atoms with Crippen molar-refractivity contribution < 1.29 is 0 Å². The quantitative estimate of drug-likeness (QED) is 0.764. The number of aryl methyl sites for hydroxylation is 3. The van der Waals surface area contributed by atoms with Crippen LogP contribution in [0.3, 0.4) is 0 Å². The highest BCUT2D eigenvalue weighted by molar-refractivity contribution is 5.41. The Hall–Kier alpha value is -2.62. The van der Waals surface area contributed by atoms with Crippen molar-refractivity contribution in [2.75, 3.05) is 5.32 Å². The van der Waals surface area contributed by atoms with Crippen LogP contribution in [0.15, 0.2) is 48.8 Å². The second-order valence-corrected chi connectivity index (χ2v) is 6.75. The second-order valence-electron chi connectivity index (χ2n) is 6.75. The Kier molecular flexibility index (Phi) is 3.60. The molecule has 0 fully saturated rings. The normalized spacial score (nSPS) is 19.6. The lowest BCUT2D eigenvalue weighted by Gasteiger charge is -2.32. The van der Waals surface area contributed by atoms with Crippen molar-refractivity contribution in [3.63, 3.8) is 0 Å². The third-order valence-corrected chi connectivity index (χ3v) is 4.89. The van der Waals surface area contributed by atoms with E-state index in [0.717, 1.165) is 12.4 Å². The van der Waals surface area contributed by atoms with Gasteiger partial charge >= 0.3 is 0 Å². The molecular formula is C20H22N4. The van der Waals surface area contributed by atoms with Gasteiger partial charge in [0.25, 0.3) is 0 Å². The maximum Gasteiger partial charge on any atom is 0.222 e. The van der Waals surface area contributed by atoms with Crippen molar-refractivity contribution in [1.82, 2.24) is 14.8 Å². The average molecular weight is 318 g/mol. The van der Waals surface area contributed by atoms with Crippen molar-refractivity contribution in [1.29, 1.82) is 0 Å². The molecule has 1 aromatic heterocycles. The minimum atomic E-state index is 0.204. The van der Waals surface area contributed by atoms with Crippen LogP contribution < -0.4 is 5.32 Å². The minimum absolute atomic E-state index is 0.204. The topological polar surface area (TPSA) is 42.7 Å². The van der Waals surface area contributed by atoms with Crippen LogP contribution in [-0.4, -0.2) is 14.8 Å². The van der Waals surface area contributed by atoms with Gasteiger partial charge in [-0.25, -0.2) is 4.68 Å². The summed E-state index contributed by atoms with van der Waals surface area (Å²) < 4.78 is 2.02. The minimum Gasteiger partial charge on any atom is -0.348 e. The molecule has 2 atom stereocenters. The summed E-state index contributed by atoms with van der Waals surface area (Å²) >= 11 is 0. The Morgan fingerprint density at radius 3 is 2.50 bits per heavy atom. The fourth-order valence-corrected chi connectivity index (χ4v) is 3.60. The summed E-state index contributed by atoms with van der Waals surface area (Å²) in [5.41, 5.74) is 6.50. The molecule has 0 saturated heterocycles. The predicted molar refractivity (Wildman–Crippen MR) is 96.2 cm³/mol. The van der Waals surface area contributed by atoms with Crippen molar-refractivity contribution >= 4 is 5.95 Å². The van der Waals surface area contributed by atoms with Crippen LogP contribution in [0, 0.1) is 20.8 Å². The van der Waals surface area contributed by atoms with Crippen LogP contribution in [0.1, 0.15) is 46.3 Å². The summed E-state index contributed by atoms with van der Waals surface area (Å²) in [5, 5.41) is 8.00. The molecule has 0 aliphatic carbocycles. The van der Waals surface area contributed by atoms with Gasteiger partial charge in [0.15, 0.2) is 0 Å². The highest BCUT2D eigenvalue weighted by atomic mass is 15.4. The van der Waals surface area contributed by atoms with E-state index < -0.39 is 0 Å². The number of rotatable bonds is 2. The zero-order valence-corrected chi connectivity index (χ0v) is 14.3. The number of nitrogens with one attached hydrogen (secondary N) is 1. The zero-order chi connectivity index (χ0) is 16.7. The van der Waals surface area contributed by atoms with Crippen LogP contribution in [0.2, 0.25) is 0 Å². The Morgan fingerprint density at radius 1 is 1.00 bits per heavy atom. The van der Waals surface area contributed by atoms with Gasteiger partial charge in [0.2, 0.25) is 5.95 Å². The van der Waals surface area contributed by atoms with Gasteiger partial charge in [0.05, 0.1) is 12.1 Å². The molecule has 0 amide bonds. The van der Waals surface area contributed by atoms with Crippen molar-refractivity contribution in [2.24, 2.45) is 0 Å². The van der Waals surface area contributed by atoms with Crippen LogP contribution >= 0.6 is 0 Å². The Labute approximate surface area is 142 Å². The third kappa shape index (κ3) is 2.58. The number of fused-ring (bicyclic) bond motifs is 1. The molecule has 0 unspecified atom stereocenters. The number of aromatic nitrogens is 3. The second kappa shape index (κ2) is 5.78. The van der Waals surface area contributed by atoms with E-state index in [0.29, 0.717) is 0 Å². The first-order valence-electron chi connectivity index (χ1n) is 8.41. The number of hydrogen-bond acceptors (Lipinski definition) is 3. The summed E-state index contributed by atoms with van der Waals surface area (Å²) in [4.78, 5) is 4.41. The van der Waals surface area contributed by atoms with Crippen LogP contribution in [0.5, 0.6) is 0 Å². The molecule has 122 valence electrons. The lowest BCUT2D eigenvalue weighted by atomic mass is 9.90. The van der Waals surface area contributed by atoms with E-state index in [4.69, 9.17) is 0 Å². The molecule has 0 radical (unpaired) electrons. The van der Waals surface area contributed by atoms with Gasteiger partial charge in [-0.2, -0.15) is 10.1 Å². The number of anilines is 1. The first-order valence-corrected chi connectivity index (χ1v) is 8.41. The number of hydrogen-bond donors (Lipinski definition) is 1. The fraction of sp³-hybridized carbons (Fsp3) is 0.300. The van der Waals surface area contributed by atoms with Gasteiger partial charge in [0, 0.05) is 0 Å². The Bertz CT molecular complexity index is 864. The molecule has 3 aromatic rings. The largest absolute Gasteiger partial charge is 0.348 e. The van der Waals surface area contributed by atoms with Gasteiger partial charge in [-0.15, -0.1) is 0 Å². The van der Waals surface area contributed by atoms with Gasteiger partial charge < -0.3 is 5.32 Å². The Morgan fingerprint density at radius 2 is 1.75 bits per heavy atom. The molecule has 2 aromatic carbocycles. The fourth-order valence-electron chi connectivity index (χ4n) is 3.60. The summed E-state index contributed by atoms with van der Waals surface area (Å²) in [7, 11) is 0. The van der Waals surface area contributed by atoms with Crippen molar-refractivity contribution in [2.45, 2.75) is 39.3 Å². The van der Waals surface area contributed by atoms with E-state index in [9.17, 15) is 0 Å². The summed E-state index contributed by atoms with van der Waals surface area (Å²) in [6.45, 7) is 6.43. The summed E-state index contributed by atoms with van der Waals surface area (Å²) in [5.74, 6) is 0.844. The summed E-state index contributed by atoms with van der Waals surface area (Å²) in [6, 6.07) is 15.9. The molecule has 1 aliphatic rings. The molecule has 0 saturated carbocycles. The maximum absolute atomic E-state index is 4.46. The monoisotopic (exact) mass is 318 g/mol. The molecule has 0 bridgehead atoms. The van der Waals surface area contributed by atoms with Crippen LogP contribution in [0.4, 0.5) is 5.95 Å². The van der Waals surface area contributed by atoms with Crippen molar-refractivity contribution in [3.05, 3.63) is 76.6 Å². The first kappa shape index (κ1) is 14.9. The standard InChI is InChI=1S/C20H22N4/c1-13-4-7-16(8-5-13)18-11-19(24-20(23-18)21-12-22-24)17-9-6-14(2)10-15(17)3/h4-10,12,18-19H,11H2,1-3H3,(H,21,22,23)/t18-,19+/m0/s1.